The molecule has 0 atom stereocenters. The Labute approximate surface area is 128 Å². The summed E-state index contributed by atoms with van der Waals surface area (Å²) in [5.41, 5.74) is 2.24. The number of nitrogens with zero attached hydrogens (tertiary/aromatic N) is 1. The van der Waals surface area contributed by atoms with Crippen molar-refractivity contribution in [3.8, 4) is 11.6 Å². The summed E-state index contributed by atoms with van der Waals surface area (Å²) < 4.78 is 6.85. The highest BCUT2D eigenvalue weighted by Gasteiger charge is 2.04. The molecule has 3 nitrogen and oxygen atoms in total. The minimum atomic E-state index is 0.648. The number of halogens is 1. The molecule has 0 bridgehead atoms. The van der Waals surface area contributed by atoms with Gasteiger partial charge in [0.1, 0.15) is 5.75 Å². The van der Waals surface area contributed by atoms with Crippen LogP contribution in [-0.2, 0) is 13.0 Å². The molecular weight excluding hydrogens is 316 g/mol. The van der Waals surface area contributed by atoms with E-state index in [1.165, 1.54) is 5.56 Å². The zero-order chi connectivity index (χ0) is 14.4. The van der Waals surface area contributed by atoms with Gasteiger partial charge in [0, 0.05) is 22.8 Å². The lowest BCUT2D eigenvalue weighted by Crippen LogP contribution is -2.12. The number of benzene rings is 1. The summed E-state index contributed by atoms with van der Waals surface area (Å²) in [4.78, 5) is 4.52. The van der Waals surface area contributed by atoms with Gasteiger partial charge >= 0.3 is 0 Å². The number of hydrogen-bond donors (Lipinski definition) is 1. The van der Waals surface area contributed by atoms with Crippen LogP contribution in [0.25, 0.3) is 0 Å². The summed E-state index contributed by atoms with van der Waals surface area (Å²) in [6.45, 7) is 5.98. The van der Waals surface area contributed by atoms with E-state index in [1.54, 1.807) is 0 Å². The zero-order valence-electron chi connectivity index (χ0n) is 11.8. The molecule has 0 aliphatic carbocycles. The second-order valence-corrected chi connectivity index (χ2v) is 5.41. The van der Waals surface area contributed by atoms with Crippen molar-refractivity contribution in [2.24, 2.45) is 0 Å². The third-order valence-corrected chi connectivity index (χ3v) is 3.37. The Morgan fingerprint density at radius 3 is 2.75 bits per heavy atom. The first-order valence-electron chi connectivity index (χ1n) is 6.85. The van der Waals surface area contributed by atoms with Gasteiger partial charge < -0.3 is 10.1 Å². The molecule has 0 aliphatic heterocycles. The van der Waals surface area contributed by atoms with Gasteiger partial charge in [0.25, 0.3) is 0 Å². The third-order valence-electron chi connectivity index (χ3n) is 2.87. The summed E-state index contributed by atoms with van der Waals surface area (Å²) in [5.74, 6) is 1.44. The van der Waals surface area contributed by atoms with Crippen molar-refractivity contribution in [3.05, 3.63) is 52.1 Å². The number of aromatic nitrogens is 1. The van der Waals surface area contributed by atoms with E-state index in [0.717, 1.165) is 35.4 Å². The molecule has 1 N–H and O–H groups in total. The van der Waals surface area contributed by atoms with Crippen LogP contribution in [0.3, 0.4) is 0 Å². The highest BCUT2D eigenvalue weighted by molar-refractivity contribution is 9.10. The first-order chi connectivity index (χ1) is 9.71. The monoisotopic (exact) mass is 334 g/mol. The highest BCUT2D eigenvalue weighted by atomic mass is 79.9. The number of aryl methyl sites for hydroxylation is 1. The Hall–Kier alpha value is -1.39. The van der Waals surface area contributed by atoms with Gasteiger partial charge in [-0.3, -0.25) is 0 Å². The predicted octanol–water partition coefficient (Wildman–Crippen LogP) is 4.31. The van der Waals surface area contributed by atoms with Crippen molar-refractivity contribution in [2.45, 2.75) is 26.8 Å². The fourth-order valence-electron chi connectivity index (χ4n) is 1.88. The molecule has 1 aromatic carbocycles. The topological polar surface area (TPSA) is 34.2 Å². The number of nitrogens with one attached hydrogen (secondary N) is 1. The molecule has 106 valence electrons. The molecule has 0 aliphatic rings. The van der Waals surface area contributed by atoms with E-state index in [1.807, 2.05) is 30.3 Å². The van der Waals surface area contributed by atoms with Gasteiger partial charge in [-0.1, -0.05) is 35.8 Å². The summed E-state index contributed by atoms with van der Waals surface area (Å²) in [5, 5.41) is 3.33. The number of hydrogen-bond acceptors (Lipinski definition) is 3. The molecule has 1 aromatic heterocycles. The van der Waals surface area contributed by atoms with Gasteiger partial charge in [0.15, 0.2) is 0 Å². The second-order valence-electron chi connectivity index (χ2n) is 4.50. The second kappa shape index (κ2) is 7.41. The summed E-state index contributed by atoms with van der Waals surface area (Å²) in [7, 11) is 0. The average molecular weight is 335 g/mol. The lowest BCUT2D eigenvalue weighted by atomic mass is 10.2. The van der Waals surface area contributed by atoms with Crippen LogP contribution in [0, 0.1) is 0 Å². The zero-order valence-corrected chi connectivity index (χ0v) is 13.4. The molecule has 0 radical (unpaired) electrons. The predicted molar refractivity (Wildman–Crippen MR) is 85.2 cm³/mol. The molecule has 2 rings (SSSR count). The summed E-state index contributed by atoms with van der Waals surface area (Å²) in [6, 6.07) is 11.9. The van der Waals surface area contributed by atoms with Gasteiger partial charge in [-0.2, -0.15) is 0 Å². The lowest BCUT2D eigenvalue weighted by Gasteiger charge is -2.10. The molecule has 1 heterocycles. The average Bonchev–Trinajstić information content (AvgIpc) is 2.45. The van der Waals surface area contributed by atoms with Crippen molar-refractivity contribution >= 4 is 15.9 Å². The number of pyridine rings is 1. The maximum atomic E-state index is 5.85. The van der Waals surface area contributed by atoms with E-state index < -0.39 is 0 Å². The van der Waals surface area contributed by atoms with Crippen LogP contribution < -0.4 is 10.1 Å². The van der Waals surface area contributed by atoms with Crippen molar-refractivity contribution in [2.75, 3.05) is 6.54 Å². The Morgan fingerprint density at radius 1 is 1.20 bits per heavy atom. The molecule has 2 aromatic rings. The molecule has 0 saturated carbocycles. The van der Waals surface area contributed by atoms with Crippen LogP contribution in [0.2, 0.25) is 0 Å². The minimum absolute atomic E-state index is 0.648. The van der Waals surface area contributed by atoms with Crippen LogP contribution in [0.1, 0.15) is 25.1 Å². The Kier molecular flexibility index (Phi) is 5.56. The molecule has 0 unspecified atom stereocenters. The molecular formula is C16H19BrN2O. The van der Waals surface area contributed by atoms with Crippen molar-refractivity contribution in [1.29, 1.82) is 0 Å². The lowest BCUT2D eigenvalue weighted by molar-refractivity contribution is 0.459. The molecule has 0 fully saturated rings. The van der Waals surface area contributed by atoms with Crippen LogP contribution in [0.15, 0.2) is 40.9 Å². The van der Waals surface area contributed by atoms with E-state index in [-0.39, 0.29) is 0 Å². The number of ether oxygens (including phenoxy) is 1. The minimum Gasteiger partial charge on any atom is -0.439 e. The van der Waals surface area contributed by atoms with E-state index >= 15 is 0 Å². The van der Waals surface area contributed by atoms with Gasteiger partial charge in [-0.15, -0.1) is 0 Å². The van der Waals surface area contributed by atoms with Crippen LogP contribution in [0.4, 0.5) is 0 Å². The maximum absolute atomic E-state index is 5.85. The van der Waals surface area contributed by atoms with Crippen LogP contribution in [0.5, 0.6) is 11.6 Å². The largest absolute Gasteiger partial charge is 0.439 e. The SMILES string of the molecule is CCNCc1cc(CC)nc(Oc2cccc(Br)c2)c1. The van der Waals surface area contributed by atoms with Crippen molar-refractivity contribution < 1.29 is 4.74 Å². The van der Waals surface area contributed by atoms with E-state index in [9.17, 15) is 0 Å². The van der Waals surface area contributed by atoms with Gasteiger partial charge in [0.2, 0.25) is 5.88 Å². The molecule has 0 spiro atoms. The fourth-order valence-corrected chi connectivity index (χ4v) is 2.25. The molecule has 4 heteroatoms. The van der Waals surface area contributed by atoms with Gasteiger partial charge in [-0.05, 0) is 42.8 Å². The quantitative estimate of drug-likeness (QED) is 0.854. The Bertz CT molecular complexity index is 572. The Morgan fingerprint density at radius 2 is 2.05 bits per heavy atom. The fraction of sp³-hybridized carbons (Fsp3) is 0.312. The van der Waals surface area contributed by atoms with E-state index in [0.29, 0.717) is 5.88 Å². The third kappa shape index (κ3) is 4.32. The smallest absolute Gasteiger partial charge is 0.219 e. The van der Waals surface area contributed by atoms with Crippen molar-refractivity contribution in [1.82, 2.24) is 10.3 Å². The van der Waals surface area contributed by atoms with E-state index in [2.05, 4.69) is 46.1 Å². The number of rotatable bonds is 6. The highest BCUT2D eigenvalue weighted by Crippen LogP contribution is 2.24. The van der Waals surface area contributed by atoms with Crippen LogP contribution in [-0.4, -0.2) is 11.5 Å². The van der Waals surface area contributed by atoms with E-state index in [4.69, 9.17) is 4.74 Å². The van der Waals surface area contributed by atoms with Gasteiger partial charge in [-0.25, -0.2) is 4.98 Å². The van der Waals surface area contributed by atoms with Gasteiger partial charge in [0.05, 0.1) is 0 Å². The normalized spacial score (nSPS) is 10.6. The molecule has 0 amide bonds. The van der Waals surface area contributed by atoms with Crippen molar-refractivity contribution in [3.63, 3.8) is 0 Å². The Balaban J connectivity index is 2.21. The summed E-state index contributed by atoms with van der Waals surface area (Å²) >= 11 is 3.44. The maximum Gasteiger partial charge on any atom is 0.219 e. The first kappa shape index (κ1) is 15.0. The summed E-state index contributed by atoms with van der Waals surface area (Å²) in [6.07, 6.45) is 0.898. The van der Waals surface area contributed by atoms with Crippen LogP contribution >= 0.6 is 15.9 Å². The standard InChI is InChI=1S/C16H19BrN2O/c1-3-14-8-12(11-18-4-2)9-16(19-14)20-15-7-5-6-13(17)10-15/h5-10,18H,3-4,11H2,1-2H3. The first-order valence-corrected chi connectivity index (χ1v) is 7.64. The molecule has 0 saturated heterocycles. The molecule has 20 heavy (non-hydrogen) atoms.